The van der Waals surface area contributed by atoms with Crippen LogP contribution in [0.15, 0.2) is 0 Å². The molecule has 0 aromatic rings. The van der Waals surface area contributed by atoms with Gasteiger partial charge in [0.15, 0.2) is 0 Å². The predicted molar refractivity (Wildman–Crippen MR) is 76.3 cm³/mol. The molecule has 0 aromatic heterocycles. The van der Waals surface area contributed by atoms with Crippen LogP contribution in [0.25, 0.3) is 0 Å². The van der Waals surface area contributed by atoms with Crippen LogP contribution in [0.1, 0.15) is 26.7 Å². The van der Waals surface area contributed by atoms with E-state index in [1.165, 1.54) is 0 Å². The van der Waals surface area contributed by atoms with Gasteiger partial charge in [0, 0.05) is 32.1 Å². The summed E-state index contributed by atoms with van der Waals surface area (Å²) in [6.45, 7) is 7.49. The summed E-state index contributed by atoms with van der Waals surface area (Å²) >= 11 is 0. The Morgan fingerprint density at radius 2 is 1.68 bits per heavy atom. The molecule has 0 spiro atoms. The minimum absolute atomic E-state index is 0. The summed E-state index contributed by atoms with van der Waals surface area (Å²) in [5.41, 5.74) is 0. The predicted octanol–water partition coefficient (Wildman–Crippen LogP) is 0.487. The summed E-state index contributed by atoms with van der Waals surface area (Å²) in [6, 6.07) is 0.0114. The van der Waals surface area contributed by atoms with Gasteiger partial charge >= 0.3 is 0 Å². The van der Waals surface area contributed by atoms with Gasteiger partial charge in [-0.1, -0.05) is 13.8 Å². The number of nitrogens with zero attached hydrogens (tertiary/aromatic N) is 2. The first kappa shape index (κ1) is 16.2. The van der Waals surface area contributed by atoms with Crippen molar-refractivity contribution in [3.8, 4) is 0 Å². The monoisotopic (exact) mass is 289 g/mol. The van der Waals surface area contributed by atoms with E-state index in [0.717, 1.165) is 19.4 Å². The van der Waals surface area contributed by atoms with E-state index in [4.69, 9.17) is 0 Å². The zero-order valence-electron chi connectivity index (χ0n) is 11.7. The molecule has 110 valence electrons. The van der Waals surface area contributed by atoms with Crippen molar-refractivity contribution in [1.82, 2.24) is 15.1 Å². The quantitative estimate of drug-likeness (QED) is 0.805. The normalized spacial score (nSPS) is 23.4. The standard InChI is InChI=1S/C13H23N3O2.ClH/c1-10(2)12(17)15-6-8-16(9-7-15)13(18)11-4-3-5-14-11;/h10-11,14H,3-9H2,1-2H3;1H/t11-;/m0./s1. The third-order valence-corrected chi connectivity index (χ3v) is 3.76. The third-order valence-electron chi connectivity index (χ3n) is 3.76. The van der Waals surface area contributed by atoms with Crippen LogP contribution in [0.4, 0.5) is 0 Å². The number of carbonyl (C=O) groups is 2. The maximum absolute atomic E-state index is 12.2. The summed E-state index contributed by atoms with van der Waals surface area (Å²) in [4.78, 5) is 27.8. The van der Waals surface area contributed by atoms with E-state index in [9.17, 15) is 9.59 Å². The topological polar surface area (TPSA) is 52.7 Å². The van der Waals surface area contributed by atoms with Crippen molar-refractivity contribution in [3.63, 3.8) is 0 Å². The Balaban J connectivity index is 0.00000180. The van der Waals surface area contributed by atoms with E-state index in [-0.39, 0.29) is 36.2 Å². The minimum Gasteiger partial charge on any atom is -0.339 e. The first-order chi connectivity index (χ1) is 8.59. The van der Waals surface area contributed by atoms with Gasteiger partial charge in [-0.2, -0.15) is 0 Å². The van der Waals surface area contributed by atoms with Gasteiger partial charge in [-0.25, -0.2) is 0 Å². The van der Waals surface area contributed by atoms with Crippen LogP contribution in [0, 0.1) is 5.92 Å². The van der Waals surface area contributed by atoms with Gasteiger partial charge in [-0.05, 0) is 19.4 Å². The van der Waals surface area contributed by atoms with Crippen molar-refractivity contribution < 1.29 is 9.59 Å². The Labute approximate surface area is 121 Å². The maximum Gasteiger partial charge on any atom is 0.239 e. The molecule has 6 heteroatoms. The first-order valence-corrected chi connectivity index (χ1v) is 6.90. The smallest absolute Gasteiger partial charge is 0.239 e. The largest absolute Gasteiger partial charge is 0.339 e. The first-order valence-electron chi connectivity index (χ1n) is 6.90. The second kappa shape index (κ2) is 7.10. The van der Waals surface area contributed by atoms with Gasteiger partial charge in [0.25, 0.3) is 0 Å². The lowest BCUT2D eigenvalue weighted by atomic mass is 10.1. The number of halogens is 1. The van der Waals surface area contributed by atoms with E-state index in [1.54, 1.807) is 0 Å². The fourth-order valence-electron chi connectivity index (χ4n) is 2.63. The fourth-order valence-corrected chi connectivity index (χ4v) is 2.63. The molecule has 0 bridgehead atoms. The summed E-state index contributed by atoms with van der Waals surface area (Å²) in [5.74, 6) is 0.453. The van der Waals surface area contributed by atoms with Gasteiger partial charge in [-0.3, -0.25) is 9.59 Å². The molecule has 2 aliphatic rings. The van der Waals surface area contributed by atoms with Crippen LogP contribution < -0.4 is 5.32 Å². The zero-order valence-corrected chi connectivity index (χ0v) is 12.5. The summed E-state index contributed by atoms with van der Waals surface area (Å²) < 4.78 is 0. The SMILES string of the molecule is CC(C)C(=O)N1CCN(C(=O)[C@@H]2CCCN2)CC1.Cl. The highest BCUT2D eigenvalue weighted by molar-refractivity contribution is 5.85. The number of piperazine rings is 1. The number of amides is 2. The van der Waals surface area contributed by atoms with Crippen molar-refractivity contribution in [2.24, 2.45) is 5.92 Å². The summed E-state index contributed by atoms with van der Waals surface area (Å²) in [6.07, 6.45) is 2.03. The average molecular weight is 290 g/mol. The minimum atomic E-state index is 0. The van der Waals surface area contributed by atoms with Gasteiger partial charge in [0.2, 0.25) is 11.8 Å². The van der Waals surface area contributed by atoms with Crippen LogP contribution in [0.5, 0.6) is 0 Å². The van der Waals surface area contributed by atoms with Crippen molar-refractivity contribution in [2.45, 2.75) is 32.7 Å². The van der Waals surface area contributed by atoms with Crippen molar-refractivity contribution in [3.05, 3.63) is 0 Å². The molecule has 2 fully saturated rings. The van der Waals surface area contributed by atoms with Gasteiger partial charge in [-0.15, -0.1) is 12.4 Å². The van der Waals surface area contributed by atoms with Crippen LogP contribution in [0.3, 0.4) is 0 Å². The second-order valence-corrected chi connectivity index (χ2v) is 5.45. The molecule has 2 saturated heterocycles. The van der Waals surface area contributed by atoms with Crippen LogP contribution in [-0.4, -0.2) is 60.4 Å². The lowest BCUT2D eigenvalue weighted by molar-refractivity contribution is -0.142. The molecule has 2 heterocycles. The van der Waals surface area contributed by atoms with Crippen molar-refractivity contribution in [1.29, 1.82) is 0 Å². The molecule has 1 atom stereocenters. The van der Waals surface area contributed by atoms with E-state index >= 15 is 0 Å². The Kier molecular flexibility index (Phi) is 6.07. The molecule has 2 amide bonds. The van der Waals surface area contributed by atoms with E-state index in [1.807, 2.05) is 23.6 Å². The molecule has 19 heavy (non-hydrogen) atoms. The number of carbonyl (C=O) groups excluding carboxylic acids is 2. The molecule has 0 unspecified atom stereocenters. The third kappa shape index (κ3) is 3.83. The number of nitrogens with one attached hydrogen (secondary N) is 1. The summed E-state index contributed by atoms with van der Waals surface area (Å²) in [7, 11) is 0. The van der Waals surface area contributed by atoms with E-state index in [0.29, 0.717) is 26.2 Å². The highest BCUT2D eigenvalue weighted by atomic mass is 35.5. The molecule has 2 rings (SSSR count). The Bertz CT molecular complexity index is 322. The van der Waals surface area contributed by atoms with Crippen LogP contribution in [0.2, 0.25) is 0 Å². The Hall–Kier alpha value is -0.810. The molecular formula is C13H24ClN3O2. The van der Waals surface area contributed by atoms with Crippen molar-refractivity contribution in [2.75, 3.05) is 32.7 Å². The number of hydrogen-bond donors (Lipinski definition) is 1. The molecule has 0 aromatic carbocycles. The van der Waals surface area contributed by atoms with Crippen LogP contribution >= 0.6 is 12.4 Å². The van der Waals surface area contributed by atoms with E-state index in [2.05, 4.69) is 5.32 Å². The number of rotatable bonds is 2. The Morgan fingerprint density at radius 1 is 1.11 bits per heavy atom. The highest BCUT2D eigenvalue weighted by Gasteiger charge is 2.30. The van der Waals surface area contributed by atoms with Crippen molar-refractivity contribution >= 4 is 24.2 Å². The molecule has 0 aliphatic carbocycles. The van der Waals surface area contributed by atoms with Gasteiger partial charge in [0.05, 0.1) is 6.04 Å². The highest BCUT2D eigenvalue weighted by Crippen LogP contribution is 2.12. The van der Waals surface area contributed by atoms with Crippen LogP contribution in [-0.2, 0) is 9.59 Å². The molecule has 2 aliphatic heterocycles. The van der Waals surface area contributed by atoms with E-state index < -0.39 is 0 Å². The van der Waals surface area contributed by atoms with Gasteiger partial charge < -0.3 is 15.1 Å². The molecule has 1 N–H and O–H groups in total. The lowest BCUT2D eigenvalue weighted by Gasteiger charge is -2.36. The van der Waals surface area contributed by atoms with Gasteiger partial charge in [0.1, 0.15) is 0 Å². The lowest BCUT2D eigenvalue weighted by Crippen LogP contribution is -2.54. The summed E-state index contributed by atoms with van der Waals surface area (Å²) in [5, 5.41) is 3.23. The average Bonchev–Trinajstić information content (AvgIpc) is 2.91. The molecule has 0 radical (unpaired) electrons. The molecule has 0 saturated carbocycles. The Morgan fingerprint density at radius 3 is 2.16 bits per heavy atom. The zero-order chi connectivity index (χ0) is 13.1. The molecular weight excluding hydrogens is 266 g/mol. The number of hydrogen-bond acceptors (Lipinski definition) is 3. The fraction of sp³-hybridized carbons (Fsp3) is 0.846. The maximum atomic E-state index is 12.2. The molecule has 5 nitrogen and oxygen atoms in total. The second-order valence-electron chi connectivity index (χ2n) is 5.45.